The van der Waals surface area contributed by atoms with E-state index in [1.54, 1.807) is 0 Å². The minimum Gasteiger partial charge on any atom is -1.00 e. The summed E-state index contributed by atoms with van der Waals surface area (Å²) in [6, 6.07) is 0. The summed E-state index contributed by atoms with van der Waals surface area (Å²) in [7, 11) is 4.74. The second-order valence-electron chi connectivity index (χ2n) is 5.81. The lowest BCUT2D eigenvalue weighted by molar-refractivity contribution is -0.970. The maximum atomic E-state index is 5.44. The van der Waals surface area contributed by atoms with Crippen LogP contribution in [0.15, 0.2) is 0 Å². The maximum absolute atomic E-state index is 5.44. The lowest BCUT2D eigenvalue weighted by atomic mass is 10.2. The highest BCUT2D eigenvalue weighted by atomic mass is 127. The number of hydrogen-bond donors (Lipinski definition) is 0. The van der Waals surface area contributed by atoms with Crippen LogP contribution in [-0.4, -0.2) is 88.8 Å². The smallest absolute Gasteiger partial charge is 0.128 e. The highest BCUT2D eigenvalue weighted by Gasteiger charge is 2.31. The SMILES string of the molecule is C[N+]1(CC[N+]2(C)CCOCC2)CCOCC1.[I-].[I-]. The number of quaternary nitrogens is 2. The Bertz CT molecular complexity index is 206. The van der Waals surface area contributed by atoms with Gasteiger partial charge in [0.05, 0.1) is 40.5 Å². The molecule has 2 fully saturated rings. The van der Waals surface area contributed by atoms with E-state index in [1.165, 1.54) is 48.2 Å². The van der Waals surface area contributed by atoms with Crippen LogP contribution < -0.4 is 48.0 Å². The minimum absolute atomic E-state index is 0. The molecule has 0 atom stereocenters. The zero-order valence-corrected chi connectivity index (χ0v) is 15.9. The van der Waals surface area contributed by atoms with Gasteiger partial charge in [-0.15, -0.1) is 0 Å². The van der Waals surface area contributed by atoms with Crippen molar-refractivity contribution in [2.75, 3.05) is 79.8 Å². The first-order valence-electron chi connectivity index (χ1n) is 6.45. The fraction of sp³-hybridized carbons (Fsp3) is 1.00. The van der Waals surface area contributed by atoms with Crippen LogP contribution in [0.5, 0.6) is 0 Å². The molecule has 2 aliphatic heterocycles. The summed E-state index contributed by atoms with van der Waals surface area (Å²) in [6.45, 7) is 11.0. The van der Waals surface area contributed by atoms with Crippen LogP contribution in [0.1, 0.15) is 0 Å². The van der Waals surface area contributed by atoms with Crippen molar-refractivity contribution >= 4 is 0 Å². The molecular formula is C12H26I2N2O2. The molecule has 0 radical (unpaired) electrons. The zero-order valence-electron chi connectivity index (χ0n) is 11.5. The Morgan fingerprint density at radius 2 is 0.944 bits per heavy atom. The average Bonchev–Trinajstić information content (AvgIpc) is 2.29. The number of nitrogens with zero attached hydrogens (tertiary/aromatic N) is 2. The molecule has 2 aliphatic rings. The van der Waals surface area contributed by atoms with Gasteiger partial charge in [-0.25, -0.2) is 0 Å². The number of likely N-dealkylation sites (N-methyl/N-ethyl adjacent to an activating group) is 2. The molecule has 2 saturated heterocycles. The summed E-state index contributed by atoms with van der Waals surface area (Å²) in [4.78, 5) is 0. The number of halogens is 2. The predicted octanol–water partition coefficient (Wildman–Crippen LogP) is -6.05. The predicted molar refractivity (Wildman–Crippen MR) is 63.2 cm³/mol. The van der Waals surface area contributed by atoms with Crippen LogP contribution in [0, 0.1) is 0 Å². The summed E-state index contributed by atoms with van der Waals surface area (Å²) in [5, 5.41) is 0. The zero-order chi connectivity index (χ0) is 11.5. The number of ether oxygens (including phenoxy) is 2. The third-order valence-electron chi connectivity index (χ3n) is 4.28. The van der Waals surface area contributed by atoms with E-state index in [1.807, 2.05) is 0 Å². The van der Waals surface area contributed by atoms with E-state index in [0.29, 0.717) is 0 Å². The van der Waals surface area contributed by atoms with Gasteiger partial charge >= 0.3 is 0 Å². The van der Waals surface area contributed by atoms with E-state index in [2.05, 4.69) is 14.1 Å². The Labute approximate surface area is 145 Å². The van der Waals surface area contributed by atoms with Crippen LogP contribution in [0.25, 0.3) is 0 Å². The molecule has 0 saturated carbocycles. The van der Waals surface area contributed by atoms with Crippen molar-refractivity contribution in [3.05, 3.63) is 0 Å². The first-order chi connectivity index (χ1) is 7.62. The topological polar surface area (TPSA) is 18.5 Å². The van der Waals surface area contributed by atoms with Crippen LogP contribution in [0.4, 0.5) is 0 Å². The Hall–Kier alpha value is 1.30. The monoisotopic (exact) mass is 484 g/mol. The second-order valence-corrected chi connectivity index (χ2v) is 5.81. The number of morpholine rings is 2. The molecule has 0 unspecified atom stereocenters. The van der Waals surface area contributed by atoms with Crippen molar-refractivity contribution in [1.29, 1.82) is 0 Å². The molecule has 0 N–H and O–H groups in total. The maximum Gasteiger partial charge on any atom is 0.128 e. The summed E-state index contributed by atoms with van der Waals surface area (Å²) < 4.78 is 13.3. The summed E-state index contributed by atoms with van der Waals surface area (Å²) in [6.07, 6.45) is 0. The third kappa shape index (κ3) is 5.74. The van der Waals surface area contributed by atoms with E-state index >= 15 is 0 Å². The van der Waals surface area contributed by atoms with Crippen molar-refractivity contribution < 1.29 is 66.4 Å². The van der Waals surface area contributed by atoms with Gasteiger partial charge < -0.3 is 66.4 Å². The van der Waals surface area contributed by atoms with Gasteiger partial charge in [-0.3, -0.25) is 0 Å². The van der Waals surface area contributed by atoms with Crippen LogP contribution in [0.3, 0.4) is 0 Å². The van der Waals surface area contributed by atoms with Crippen molar-refractivity contribution in [1.82, 2.24) is 0 Å². The first-order valence-corrected chi connectivity index (χ1v) is 6.45. The largest absolute Gasteiger partial charge is 1.00 e. The molecule has 0 aliphatic carbocycles. The van der Waals surface area contributed by atoms with Gasteiger partial charge in [0.1, 0.15) is 39.3 Å². The highest BCUT2D eigenvalue weighted by molar-refractivity contribution is 4.50. The van der Waals surface area contributed by atoms with Gasteiger partial charge in [-0.1, -0.05) is 0 Å². The van der Waals surface area contributed by atoms with E-state index < -0.39 is 0 Å². The molecule has 2 heterocycles. The van der Waals surface area contributed by atoms with Gasteiger partial charge in [0, 0.05) is 0 Å². The summed E-state index contributed by atoms with van der Waals surface area (Å²) in [5.41, 5.74) is 0. The molecule has 0 aromatic rings. The Kier molecular flexibility index (Phi) is 9.17. The van der Waals surface area contributed by atoms with Crippen molar-refractivity contribution in [3.63, 3.8) is 0 Å². The van der Waals surface area contributed by atoms with Crippen molar-refractivity contribution in [3.8, 4) is 0 Å². The molecule has 0 aromatic carbocycles. The quantitative estimate of drug-likeness (QED) is 0.294. The molecule has 0 amide bonds. The second kappa shape index (κ2) is 8.56. The first kappa shape index (κ1) is 19.3. The van der Waals surface area contributed by atoms with Gasteiger partial charge in [0.2, 0.25) is 0 Å². The number of rotatable bonds is 3. The molecule has 4 nitrogen and oxygen atoms in total. The Morgan fingerprint density at radius 3 is 1.22 bits per heavy atom. The van der Waals surface area contributed by atoms with Gasteiger partial charge in [0.15, 0.2) is 0 Å². The molecule has 0 spiro atoms. The molecule has 0 aromatic heterocycles. The summed E-state index contributed by atoms with van der Waals surface area (Å²) >= 11 is 0. The molecule has 110 valence electrons. The molecular weight excluding hydrogens is 458 g/mol. The highest BCUT2D eigenvalue weighted by Crippen LogP contribution is 2.12. The van der Waals surface area contributed by atoms with E-state index in [0.717, 1.165) is 26.4 Å². The van der Waals surface area contributed by atoms with E-state index in [4.69, 9.17) is 9.47 Å². The summed E-state index contributed by atoms with van der Waals surface area (Å²) in [5.74, 6) is 0. The lowest BCUT2D eigenvalue weighted by Gasteiger charge is -2.42. The van der Waals surface area contributed by atoms with Crippen molar-refractivity contribution in [2.24, 2.45) is 0 Å². The van der Waals surface area contributed by atoms with Gasteiger partial charge in [0.25, 0.3) is 0 Å². The normalized spacial score (nSPS) is 25.7. The number of hydrogen-bond acceptors (Lipinski definition) is 2. The van der Waals surface area contributed by atoms with Crippen LogP contribution in [0.2, 0.25) is 0 Å². The fourth-order valence-corrected chi connectivity index (χ4v) is 2.50. The third-order valence-corrected chi connectivity index (χ3v) is 4.28. The molecule has 18 heavy (non-hydrogen) atoms. The van der Waals surface area contributed by atoms with E-state index in [9.17, 15) is 0 Å². The van der Waals surface area contributed by atoms with Gasteiger partial charge in [-0.05, 0) is 0 Å². The van der Waals surface area contributed by atoms with Crippen LogP contribution in [-0.2, 0) is 9.47 Å². The van der Waals surface area contributed by atoms with Gasteiger partial charge in [-0.2, -0.15) is 0 Å². The van der Waals surface area contributed by atoms with E-state index in [-0.39, 0.29) is 48.0 Å². The molecule has 2 rings (SSSR count). The Morgan fingerprint density at radius 1 is 0.667 bits per heavy atom. The standard InChI is InChI=1S/C12H26N2O2.2HI/c1-13(5-9-15-10-6-13)3-4-14(2)7-11-16-12-8-14;;/h3-12H2,1-2H3;2*1H/q+2;;/p-2. The average molecular weight is 484 g/mol. The molecule has 6 heteroatoms. The Balaban J connectivity index is 0.00000144. The molecule has 0 bridgehead atoms. The fourth-order valence-electron chi connectivity index (χ4n) is 2.50. The van der Waals surface area contributed by atoms with Crippen LogP contribution >= 0.6 is 0 Å². The van der Waals surface area contributed by atoms with Crippen molar-refractivity contribution in [2.45, 2.75) is 0 Å². The minimum atomic E-state index is 0. The lowest BCUT2D eigenvalue weighted by Crippen LogP contribution is -3.00.